The van der Waals surface area contributed by atoms with E-state index in [4.69, 9.17) is 0 Å². The summed E-state index contributed by atoms with van der Waals surface area (Å²) < 4.78 is 0. The molecule has 0 saturated heterocycles. The predicted octanol–water partition coefficient (Wildman–Crippen LogP) is 3.62. The molecule has 0 aromatic carbocycles. The third-order valence-corrected chi connectivity index (χ3v) is 4.71. The molecule has 0 unspecified atom stereocenters. The van der Waals surface area contributed by atoms with Crippen LogP contribution in [0.15, 0.2) is 29.5 Å². The van der Waals surface area contributed by atoms with Gasteiger partial charge in [0.15, 0.2) is 5.96 Å². The molecule has 4 nitrogen and oxygen atoms in total. The summed E-state index contributed by atoms with van der Waals surface area (Å²) in [6.07, 6.45) is 9.88. The van der Waals surface area contributed by atoms with Crippen molar-refractivity contribution >= 4 is 29.9 Å². The minimum atomic E-state index is 0. The van der Waals surface area contributed by atoms with Gasteiger partial charge in [0.1, 0.15) is 0 Å². The molecule has 0 amide bonds. The van der Waals surface area contributed by atoms with Crippen molar-refractivity contribution in [2.75, 3.05) is 13.6 Å². The fourth-order valence-corrected chi connectivity index (χ4v) is 3.19. The Hall–Kier alpha value is -0.850. The molecule has 5 heteroatoms. The summed E-state index contributed by atoms with van der Waals surface area (Å²) in [5, 5.41) is 6.98. The van der Waals surface area contributed by atoms with Gasteiger partial charge in [-0.05, 0) is 55.6 Å². The normalized spacial score (nSPS) is 21.7. The van der Waals surface area contributed by atoms with Gasteiger partial charge in [-0.15, -0.1) is 24.0 Å². The van der Waals surface area contributed by atoms with Crippen LogP contribution in [0.25, 0.3) is 0 Å². The molecular weight excluding hydrogens is 399 g/mol. The molecule has 130 valence electrons. The maximum absolute atomic E-state index is 4.35. The number of nitrogens with one attached hydrogen (secondary N) is 2. The largest absolute Gasteiger partial charge is 0.356 e. The van der Waals surface area contributed by atoms with E-state index in [1.54, 1.807) is 0 Å². The van der Waals surface area contributed by atoms with Gasteiger partial charge in [-0.2, -0.15) is 0 Å². The summed E-state index contributed by atoms with van der Waals surface area (Å²) in [7, 11) is 1.85. The van der Waals surface area contributed by atoms with Gasteiger partial charge in [-0.3, -0.25) is 9.98 Å². The van der Waals surface area contributed by atoms with E-state index in [9.17, 15) is 0 Å². The van der Waals surface area contributed by atoms with Gasteiger partial charge in [0, 0.05) is 32.0 Å². The van der Waals surface area contributed by atoms with Crippen molar-refractivity contribution in [3.05, 3.63) is 30.1 Å². The van der Waals surface area contributed by atoms with Crippen molar-refractivity contribution in [3.63, 3.8) is 0 Å². The quantitative estimate of drug-likeness (QED) is 0.426. The average molecular weight is 430 g/mol. The van der Waals surface area contributed by atoms with E-state index in [0.717, 1.165) is 30.8 Å². The van der Waals surface area contributed by atoms with E-state index >= 15 is 0 Å². The van der Waals surface area contributed by atoms with Crippen LogP contribution in [0.5, 0.6) is 0 Å². The molecule has 1 fully saturated rings. The lowest BCUT2D eigenvalue weighted by Crippen LogP contribution is -2.45. The molecule has 1 saturated carbocycles. The summed E-state index contributed by atoms with van der Waals surface area (Å²) in [5.41, 5.74) is 1.25. The van der Waals surface area contributed by atoms with Crippen LogP contribution in [-0.4, -0.2) is 30.6 Å². The van der Waals surface area contributed by atoms with Gasteiger partial charge in [-0.1, -0.05) is 19.9 Å². The Morgan fingerprint density at radius 3 is 2.61 bits per heavy atom. The highest BCUT2D eigenvalue weighted by Gasteiger charge is 2.23. The molecule has 1 heterocycles. The van der Waals surface area contributed by atoms with Crippen LogP contribution in [0.4, 0.5) is 0 Å². The molecule has 23 heavy (non-hydrogen) atoms. The van der Waals surface area contributed by atoms with Crippen molar-refractivity contribution in [1.29, 1.82) is 0 Å². The predicted molar refractivity (Wildman–Crippen MR) is 108 cm³/mol. The second-order valence-electron chi connectivity index (χ2n) is 6.61. The minimum Gasteiger partial charge on any atom is -0.356 e. The molecule has 0 spiro atoms. The van der Waals surface area contributed by atoms with Crippen LogP contribution >= 0.6 is 24.0 Å². The standard InChI is InChI=1S/C18H30N4.HI/c1-14(2)16-6-8-17(9-7-16)22-18(19-3)21-12-10-15-5-4-11-20-13-15;/h4-5,11,13-14,16-17H,6-10,12H2,1-3H3,(H2,19,21,22);1H. The second-order valence-corrected chi connectivity index (χ2v) is 6.61. The number of rotatable bonds is 5. The molecule has 2 N–H and O–H groups in total. The molecule has 1 aliphatic carbocycles. The van der Waals surface area contributed by atoms with Crippen LogP contribution in [0.3, 0.4) is 0 Å². The maximum Gasteiger partial charge on any atom is 0.191 e. The number of hydrogen-bond acceptors (Lipinski definition) is 2. The molecule has 0 aliphatic heterocycles. The van der Waals surface area contributed by atoms with Gasteiger partial charge in [-0.25, -0.2) is 0 Å². The highest BCUT2D eigenvalue weighted by atomic mass is 127. The van der Waals surface area contributed by atoms with Crippen LogP contribution < -0.4 is 10.6 Å². The molecule has 1 aromatic rings. The van der Waals surface area contributed by atoms with E-state index < -0.39 is 0 Å². The molecular formula is C18H31IN4. The van der Waals surface area contributed by atoms with Gasteiger partial charge >= 0.3 is 0 Å². The average Bonchev–Trinajstić information content (AvgIpc) is 2.55. The highest BCUT2D eigenvalue weighted by molar-refractivity contribution is 14.0. The number of aromatic nitrogens is 1. The van der Waals surface area contributed by atoms with Crippen LogP contribution in [0.1, 0.15) is 45.1 Å². The summed E-state index contributed by atoms with van der Waals surface area (Å²) in [6.45, 7) is 5.57. The van der Waals surface area contributed by atoms with E-state index in [1.165, 1.54) is 31.2 Å². The summed E-state index contributed by atoms with van der Waals surface area (Å²) in [5.74, 6) is 2.65. The van der Waals surface area contributed by atoms with Crippen molar-refractivity contribution in [1.82, 2.24) is 15.6 Å². The lowest BCUT2D eigenvalue weighted by molar-refractivity contribution is 0.250. The zero-order valence-corrected chi connectivity index (χ0v) is 16.9. The number of pyridine rings is 1. The van der Waals surface area contributed by atoms with Crippen molar-refractivity contribution in [2.45, 2.75) is 52.0 Å². The monoisotopic (exact) mass is 430 g/mol. The van der Waals surface area contributed by atoms with Crippen LogP contribution in [0, 0.1) is 11.8 Å². The molecule has 1 aromatic heterocycles. The topological polar surface area (TPSA) is 49.3 Å². The summed E-state index contributed by atoms with van der Waals surface area (Å²) >= 11 is 0. The van der Waals surface area contributed by atoms with Crippen LogP contribution in [0.2, 0.25) is 0 Å². The van der Waals surface area contributed by atoms with E-state index in [1.807, 2.05) is 25.5 Å². The van der Waals surface area contributed by atoms with E-state index in [-0.39, 0.29) is 24.0 Å². The second kappa shape index (κ2) is 10.8. The van der Waals surface area contributed by atoms with Crippen molar-refractivity contribution in [3.8, 4) is 0 Å². The maximum atomic E-state index is 4.35. The first-order valence-corrected chi connectivity index (χ1v) is 8.55. The number of hydrogen-bond donors (Lipinski definition) is 2. The fourth-order valence-electron chi connectivity index (χ4n) is 3.19. The zero-order chi connectivity index (χ0) is 15.8. The SMILES string of the molecule is CN=C(NCCc1cccnc1)NC1CCC(C(C)C)CC1.I. The zero-order valence-electron chi connectivity index (χ0n) is 14.6. The third-order valence-electron chi connectivity index (χ3n) is 4.71. The van der Waals surface area contributed by atoms with Crippen molar-refractivity contribution < 1.29 is 0 Å². The van der Waals surface area contributed by atoms with Crippen molar-refractivity contribution in [2.24, 2.45) is 16.8 Å². The Morgan fingerprint density at radius 2 is 2.04 bits per heavy atom. The van der Waals surface area contributed by atoms with Crippen LogP contribution in [-0.2, 0) is 6.42 Å². The number of nitrogens with zero attached hydrogens (tertiary/aromatic N) is 2. The smallest absolute Gasteiger partial charge is 0.191 e. The van der Waals surface area contributed by atoms with Gasteiger partial charge in [0.05, 0.1) is 0 Å². The Morgan fingerprint density at radius 1 is 1.30 bits per heavy atom. The van der Waals surface area contributed by atoms with Gasteiger partial charge in [0.25, 0.3) is 0 Å². The first-order valence-electron chi connectivity index (χ1n) is 8.55. The van der Waals surface area contributed by atoms with E-state index in [2.05, 4.69) is 40.5 Å². The first-order chi connectivity index (χ1) is 10.7. The molecule has 2 rings (SSSR count). The third kappa shape index (κ3) is 7.06. The van der Waals surface area contributed by atoms with Gasteiger partial charge in [0.2, 0.25) is 0 Å². The number of aliphatic imine (C=N–C) groups is 1. The Balaban J connectivity index is 0.00000264. The number of halogens is 1. The molecule has 0 atom stereocenters. The fraction of sp³-hybridized carbons (Fsp3) is 0.667. The van der Waals surface area contributed by atoms with E-state index in [0.29, 0.717) is 6.04 Å². The Kier molecular flexibility index (Phi) is 9.52. The molecule has 0 radical (unpaired) electrons. The molecule has 1 aliphatic rings. The lowest BCUT2D eigenvalue weighted by atomic mass is 9.80. The van der Waals surface area contributed by atoms with Gasteiger partial charge < -0.3 is 10.6 Å². The first kappa shape index (κ1) is 20.2. The minimum absolute atomic E-state index is 0. The summed E-state index contributed by atoms with van der Waals surface area (Å²) in [6, 6.07) is 4.66. The highest BCUT2D eigenvalue weighted by Crippen LogP contribution is 2.29. The Bertz CT molecular complexity index is 453. The Labute approximate surface area is 158 Å². The summed E-state index contributed by atoms with van der Waals surface area (Å²) in [4.78, 5) is 8.49. The lowest BCUT2D eigenvalue weighted by Gasteiger charge is -2.32. The molecule has 0 bridgehead atoms. The number of guanidine groups is 1.